The van der Waals surface area contributed by atoms with Crippen LogP contribution >= 0.6 is 0 Å². The van der Waals surface area contributed by atoms with E-state index in [4.69, 9.17) is 0 Å². The minimum absolute atomic E-state index is 0.0341. The van der Waals surface area contributed by atoms with Gasteiger partial charge < -0.3 is 10.6 Å². The van der Waals surface area contributed by atoms with Crippen molar-refractivity contribution in [1.82, 2.24) is 0 Å². The Labute approximate surface area is 161 Å². The molecule has 1 saturated carbocycles. The lowest BCUT2D eigenvalue weighted by molar-refractivity contribution is -0.121. The highest BCUT2D eigenvalue weighted by atomic mass is 16.2. The van der Waals surface area contributed by atoms with Crippen LogP contribution in [0.4, 0.5) is 17.1 Å². The summed E-state index contributed by atoms with van der Waals surface area (Å²) in [6, 6.07) is 13.3. The van der Waals surface area contributed by atoms with Crippen LogP contribution in [-0.2, 0) is 14.4 Å². The Morgan fingerprint density at radius 1 is 0.786 bits per heavy atom. The molecule has 0 atom stereocenters. The number of hydrogen-bond acceptors (Lipinski definition) is 4. The Hall–Kier alpha value is -3.48. The molecule has 1 heterocycles. The Morgan fingerprint density at radius 2 is 1.32 bits per heavy atom. The van der Waals surface area contributed by atoms with Crippen LogP contribution in [0.25, 0.3) is 0 Å². The maximum Gasteiger partial charge on any atom is 0.255 e. The number of benzene rings is 2. The molecule has 7 heteroatoms. The molecule has 0 spiro atoms. The first-order chi connectivity index (χ1) is 13.5. The number of nitrogens with one attached hydrogen (secondary N) is 2. The summed E-state index contributed by atoms with van der Waals surface area (Å²) < 4.78 is 0. The molecule has 2 aromatic rings. The molecule has 2 fully saturated rings. The van der Waals surface area contributed by atoms with Gasteiger partial charge in [-0.15, -0.1) is 0 Å². The van der Waals surface area contributed by atoms with Crippen LogP contribution in [0.5, 0.6) is 0 Å². The van der Waals surface area contributed by atoms with Gasteiger partial charge in [-0.25, -0.2) is 0 Å². The van der Waals surface area contributed by atoms with Crippen molar-refractivity contribution in [3.63, 3.8) is 0 Å². The number of anilines is 3. The predicted molar refractivity (Wildman–Crippen MR) is 104 cm³/mol. The molecule has 4 rings (SSSR count). The third-order valence-electron chi connectivity index (χ3n) is 4.80. The second-order valence-electron chi connectivity index (χ2n) is 6.96. The molecule has 142 valence electrons. The van der Waals surface area contributed by atoms with Crippen molar-refractivity contribution in [2.45, 2.75) is 25.7 Å². The third-order valence-corrected chi connectivity index (χ3v) is 4.80. The summed E-state index contributed by atoms with van der Waals surface area (Å²) in [7, 11) is 0. The van der Waals surface area contributed by atoms with Gasteiger partial charge in [-0.05, 0) is 61.4 Å². The molecular weight excluding hydrogens is 358 g/mol. The number of hydrogen-bond donors (Lipinski definition) is 2. The number of carbonyl (C=O) groups excluding carboxylic acids is 4. The summed E-state index contributed by atoms with van der Waals surface area (Å²) in [5, 5.41) is 5.63. The van der Waals surface area contributed by atoms with Gasteiger partial charge in [0.05, 0.1) is 5.69 Å². The second kappa shape index (κ2) is 7.26. The van der Waals surface area contributed by atoms with Crippen molar-refractivity contribution < 1.29 is 19.2 Å². The van der Waals surface area contributed by atoms with Gasteiger partial charge in [0.15, 0.2) is 0 Å². The molecular formula is C21H19N3O4. The summed E-state index contributed by atoms with van der Waals surface area (Å²) >= 11 is 0. The van der Waals surface area contributed by atoms with Crippen LogP contribution in [0.2, 0.25) is 0 Å². The number of imide groups is 1. The van der Waals surface area contributed by atoms with Gasteiger partial charge in [0.25, 0.3) is 5.91 Å². The number of rotatable bonds is 5. The van der Waals surface area contributed by atoms with Crippen LogP contribution in [0, 0.1) is 5.92 Å². The average Bonchev–Trinajstić information content (AvgIpc) is 3.49. The molecule has 1 aliphatic heterocycles. The van der Waals surface area contributed by atoms with E-state index in [1.165, 1.54) is 0 Å². The van der Waals surface area contributed by atoms with Crippen molar-refractivity contribution >= 4 is 40.7 Å². The van der Waals surface area contributed by atoms with Crippen molar-refractivity contribution in [2.75, 3.05) is 15.5 Å². The van der Waals surface area contributed by atoms with E-state index in [1.807, 2.05) is 0 Å². The van der Waals surface area contributed by atoms with Crippen molar-refractivity contribution in [3.05, 3.63) is 54.1 Å². The lowest BCUT2D eigenvalue weighted by atomic mass is 10.1. The third kappa shape index (κ3) is 3.78. The van der Waals surface area contributed by atoms with E-state index in [0.717, 1.165) is 17.7 Å². The van der Waals surface area contributed by atoms with E-state index in [0.29, 0.717) is 22.6 Å². The summed E-state index contributed by atoms with van der Waals surface area (Å²) in [5.41, 5.74) is 2.18. The minimum Gasteiger partial charge on any atom is -0.326 e. The SMILES string of the molecule is O=C(Nc1ccc(NC(=O)C2CC2)cc1)c1ccc(N2C(=O)CCC2=O)cc1. The van der Waals surface area contributed by atoms with Gasteiger partial charge >= 0.3 is 0 Å². The lowest BCUT2D eigenvalue weighted by Gasteiger charge is -2.14. The molecule has 0 aromatic heterocycles. The van der Waals surface area contributed by atoms with Crippen LogP contribution in [0.3, 0.4) is 0 Å². The largest absolute Gasteiger partial charge is 0.326 e. The first kappa shape index (κ1) is 17.9. The topological polar surface area (TPSA) is 95.6 Å². The molecule has 0 unspecified atom stereocenters. The van der Waals surface area contributed by atoms with Crippen molar-refractivity contribution in [1.29, 1.82) is 0 Å². The first-order valence-corrected chi connectivity index (χ1v) is 9.19. The smallest absolute Gasteiger partial charge is 0.255 e. The fourth-order valence-corrected chi connectivity index (χ4v) is 3.06. The van der Waals surface area contributed by atoms with Gasteiger partial charge in [0, 0.05) is 35.7 Å². The monoisotopic (exact) mass is 377 g/mol. The quantitative estimate of drug-likeness (QED) is 0.783. The van der Waals surface area contributed by atoms with Crippen LogP contribution in [-0.4, -0.2) is 23.6 Å². The summed E-state index contributed by atoms with van der Waals surface area (Å²) in [6.07, 6.45) is 2.33. The molecule has 0 radical (unpaired) electrons. The normalized spacial score (nSPS) is 16.2. The summed E-state index contributed by atoms with van der Waals surface area (Å²) in [4.78, 5) is 48.9. The first-order valence-electron chi connectivity index (χ1n) is 9.19. The van der Waals surface area contributed by atoms with Crippen molar-refractivity contribution in [2.24, 2.45) is 5.92 Å². The van der Waals surface area contributed by atoms with E-state index in [2.05, 4.69) is 10.6 Å². The van der Waals surface area contributed by atoms with E-state index in [1.54, 1.807) is 48.5 Å². The standard InChI is InChI=1S/C21H19N3O4/c25-18-11-12-19(26)24(18)17-9-3-14(4-10-17)21(28)23-16-7-5-15(6-8-16)22-20(27)13-1-2-13/h3-10,13H,1-2,11-12H2,(H,22,27)(H,23,28). The maximum absolute atomic E-state index is 12.4. The van der Waals surface area contributed by atoms with Gasteiger partial charge in [0.2, 0.25) is 17.7 Å². The zero-order valence-corrected chi connectivity index (χ0v) is 15.1. The average molecular weight is 377 g/mol. The zero-order valence-electron chi connectivity index (χ0n) is 15.1. The van der Waals surface area contributed by atoms with Crippen LogP contribution < -0.4 is 15.5 Å². The van der Waals surface area contributed by atoms with Gasteiger partial charge in [0.1, 0.15) is 0 Å². The van der Waals surface area contributed by atoms with Crippen LogP contribution in [0.1, 0.15) is 36.0 Å². The fourth-order valence-electron chi connectivity index (χ4n) is 3.06. The Bertz CT molecular complexity index is 931. The minimum atomic E-state index is -0.305. The fraction of sp³-hybridized carbons (Fsp3) is 0.238. The highest BCUT2D eigenvalue weighted by Crippen LogP contribution is 2.30. The van der Waals surface area contributed by atoms with E-state index < -0.39 is 0 Å². The number of amides is 4. The summed E-state index contributed by atoms with van der Waals surface area (Å²) in [6.45, 7) is 0. The molecule has 2 aliphatic rings. The highest BCUT2D eigenvalue weighted by Gasteiger charge is 2.30. The molecule has 1 saturated heterocycles. The molecule has 0 bridgehead atoms. The molecule has 2 N–H and O–H groups in total. The Kier molecular flexibility index (Phi) is 4.65. The van der Waals surface area contributed by atoms with Gasteiger partial charge in [-0.2, -0.15) is 0 Å². The van der Waals surface area contributed by atoms with Crippen molar-refractivity contribution in [3.8, 4) is 0 Å². The van der Waals surface area contributed by atoms with Gasteiger partial charge in [-0.1, -0.05) is 0 Å². The van der Waals surface area contributed by atoms with E-state index >= 15 is 0 Å². The Morgan fingerprint density at radius 3 is 1.86 bits per heavy atom. The molecule has 4 amide bonds. The number of nitrogens with zero attached hydrogens (tertiary/aromatic N) is 1. The molecule has 7 nitrogen and oxygen atoms in total. The Balaban J connectivity index is 1.38. The van der Waals surface area contributed by atoms with E-state index in [-0.39, 0.29) is 42.4 Å². The highest BCUT2D eigenvalue weighted by molar-refractivity contribution is 6.20. The maximum atomic E-state index is 12.4. The second-order valence-corrected chi connectivity index (χ2v) is 6.96. The summed E-state index contributed by atoms with van der Waals surface area (Å²) in [5.74, 6) is -0.590. The van der Waals surface area contributed by atoms with Gasteiger partial charge in [-0.3, -0.25) is 24.1 Å². The predicted octanol–water partition coefficient (Wildman–Crippen LogP) is 2.94. The molecule has 1 aliphatic carbocycles. The number of carbonyl (C=O) groups is 4. The zero-order chi connectivity index (χ0) is 19.7. The lowest BCUT2D eigenvalue weighted by Crippen LogP contribution is -2.28. The van der Waals surface area contributed by atoms with E-state index in [9.17, 15) is 19.2 Å². The molecule has 28 heavy (non-hydrogen) atoms. The van der Waals surface area contributed by atoms with Crippen LogP contribution in [0.15, 0.2) is 48.5 Å². The molecule has 2 aromatic carbocycles.